The van der Waals surface area contributed by atoms with Crippen molar-refractivity contribution in [2.45, 2.75) is 118 Å². The summed E-state index contributed by atoms with van der Waals surface area (Å²) in [5.41, 5.74) is 0.991. The van der Waals surface area contributed by atoms with Gasteiger partial charge >= 0.3 is 11.9 Å². The number of fused-ring (bicyclic) bond motifs is 7. The average Bonchev–Trinajstić information content (AvgIpc) is 2.94. The van der Waals surface area contributed by atoms with Gasteiger partial charge in [-0.15, -0.1) is 0 Å². The number of esters is 1. The van der Waals surface area contributed by atoms with Crippen LogP contribution in [0.5, 0.6) is 5.75 Å². The van der Waals surface area contributed by atoms with E-state index in [4.69, 9.17) is 4.74 Å². The van der Waals surface area contributed by atoms with Gasteiger partial charge in [0.05, 0.1) is 11.5 Å². The van der Waals surface area contributed by atoms with Crippen LogP contribution in [0.2, 0.25) is 0 Å². The Morgan fingerprint density at radius 3 is 2.22 bits per heavy atom. The number of phenols is 1. The summed E-state index contributed by atoms with van der Waals surface area (Å²) in [4.78, 5) is 26.0. The van der Waals surface area contributed by atoms with Crippen LogP contribution in [0.4, 0.5) is 0 Å². The van der Waals surface area contributed by atoms with Crippen molar-refractivity contribution in [3.05, 3.63) is 47.6 Å². The van der Waals surface area contributed by atoms with E-state index in [1.54, 1.807) is 30.3 Å². The number of carboxylic acid groups (broad SMARTS) is 1. The molecule has 6 nitrogen and oxygen atoms in total. The van der Waals surface area contributed by atoms with Crippen LogP contribution in [-0.4, -0.2) is 39.5 Å². The summed E-state index contributed by atoms with van der Waals surface area (Å²) >= 11 is 0. The number of benzene rings is 1. The van der Waals surface area contributed by atoms with Crippen LogP contribution in [-0.2, 0) is 14.3 Å². The van der Waals surface area contributed by atoms with E-state index in [0.717, 1.165) is 56.9 Å². The van der Waals surface area contributed by atoms with Crippen molar-refractivity contribution in [2.24, 2.45) is 50.2 Å². The Labute approximate surface area is 269 Å². The Balaban J connectivity index is 1.29. The van der Waals surface area contributed by atoms with E-state index in [0.29, 0.717) is 12.3 Å². The second kappa shape index (κ2) is 10.5. The maximum atomic E-state index is 13.0. The van der Waals surface area contributed by atoms with Gasteiger partial charge < -0.3 is 20.1 Å². The van der Waals surface area contributed by atoms with Crippen molar-refractivity contribution in [1.82, 2.24) is 0 Å². The second-order valence-electron chi connectivity index (χ2n) is 17.6. The number of hydrogen-bond donors (Lipinski definition) is 3. The van der Waals surface area contributed by atoms with Crippen molar-refractivity contribution < 1.29 is 29.6 Å². The van der Waals surface area contributed by atoms with Crippen LogP contribution in [0.3, 0.4) is 0 Å². The summed E-state index contributed by atoms with van der Waals surface area (Å²) in [5, 5.41) is 31.9. The highest BCUT2D eigenvalue weighted by Gasteiger charge is 2.70. The number of allylic oxidation sites excluding steroid dienone is 2. The van der Waals surface area contributed by atoms with E-state index < -0.39 is 35.0 Å². The number of phenolic OH excluding ortho intramolecular Hbond substituents is 1. The number of ether oxygens (including phenoxy) is 1. The van der Waals surface area contributed by atoms with E-state index in [9.17, 15) is 24.9 Å². The van der Waals surface area contributed by atoms with Crippen molar-refractivity contribution in [3.8, 4) is 5.75 Å². The smallest absolute Gasteiger partial charge is 0.331 e. The lowest BCUT2D eigenvalue weighted by Crippen LogP contribution is -2.67. The molecule has 6 rings (SSSR count). The maximum Gasteiger partial charge on any atom is 0.331 e. The monoisotopic (exact) mass is 618 g/mol. The number of hydrogen-bond acceptors (Lipinski definition) is 5. The van der Waals surface area contributed by atoms with Crippen LogP contribution in [0.1, 0.15) is 112 Å². The van der Waals surface area contributed by atoms with Gasteiger partial charge in [0.1, 0.15) is 11.9 Å². The quantitative estimate of drug-likeness (QED) is 0.179. The number of aromatic hydroxyl groups is 1. The zero-order valence-electron chi connectivity index (χ0n) is 28.4. The molecule has 0 spiro atoms. The fourth-order valence-corrected chi connectivity index (χ4v) is 11.9. The molecule has 6 heteroatoms. The van der Waals surface area contributed by atoms with Gasteiger partial charge in [0.15, 0.2) is 0 Å². The van der Waals surface area contributed by atoms with Crippen LogP contribution in [0.15, 0.2) is 42.0 Å². The molecule has 3 N–H and O–H groups in total. The summed E-state index contributed by atoms with van der Waals surface area (Å²) in [5.74, 6) is -0.230. The minimum Gasteiger partial charge on any atom is -0.508 e. The van der Waals surface area contributed by atoms with Crippen LogP contribution >= 0.6 is 0 Å². The average molecular weight is 619 g/mol. The third kappa shape index (κ3) is 4.74. The summed E-state index contributed by atoms with van der Waals surface area (Å²) in [6.07, 6.45) is 12.0. The van der Waals surface area contributed by atoms with Crippen molar-refractivity contribution in [1.29, 1.82) is 0 Å². The fraction of sp³-hybridized carbons (Fsp3) is 0.692. The molecule has 0 heterocycles. The van der Waals surface area contributed by atoms with E-state index in [2.05, 4.69) is 54.5 Å². The Morgan fingerprint density at radius 2 is 1.56 bits per heavy atom. The van der Waals surface area contributed by atoms with Crippen molar-refractivity contribution in [2.75, 3.05) is 0 Å². The summed E-state index contributed by atoms with van der Waals surface area (Å²) in [6, 6.07) is 6.62. The highest BCUT2D eigenvalue weighted by molar-refractivity contribution is 5.87. The number of rotatable bonds is 4. The van der Waals surface area contributed by atoms with Crippen molar-refractivity contribution in [3.63, 3.8) is 0 Å². The maximum absolute atomic E-state index is 13.0. The minimum absolute atomic E-state index is 0.0131. The van der Waals surface area contributed by atoms with Gasteiger partial charge in [-0.1, -0.05) is 72.2 Å². The summed E-state index contributed by atoms with van der Waals surface area (Å²) in [7, 11) is 0. The van der Waals surface area contributed by atoms with E-state index >= 15 is 0 Å². The summed E-state index contributed by atoms with van der Waals surface area (Å²) < 4.78 is 6.04. The molecule has 4 fully saturated rings. The zero-order chi connectivity index (χ0) is 32.8. The normalized spacial score (nSPS) is 43.2. The van der Waals surface area contributed by atoms with Gasteiger partial charge in [-0.2, -0.15) is 0 Å². The Kier molecular flexibility index (Phi) is 7.51. The first-order valence-electron chi connectivity index (χ1n) is 17.2. The first-order valence-corrected chi connectivity index (χ1v) is 17.2. The lowest BCUT2D eigenvalue weighted by molar-refractivity contribution is -0.238. The molecule has 4 saturated carbocycles. The topological polar surface area (TPSA) is 104 Å². The van der Waals surface area contributed by atoms with Gasteiger partial charge in [0.25, 0.3) is 0 Å². The molecule has 1 aromatic carbocycles. The molecule has 0 aromatic heterocycles. The van der Waals surface area contributed by atoms with Crippen LogP contribution < -0.4 is 0 Å². The van der Waals surface area contributed by atoms with Gasteiger partial charge in [0, 0.05) is 11.5 Å². The molecule has 0 amide bonds. The minimum atomic E-state index is -0.780. The van der Waals surface area contributed by atoms with Gasteiger partial charge in [-0.3, -0.25) is 4.79 Å². The highest BCUT2D eigenvalue weighted by atomic mass is 16.6. The molecule has 0 radical (unpaired) electrons. The standard InChI is InChI=1S/C39H54O6/c1-34(2)18-20-39(33(43)44)21-19-37(6)26(27(39)22-34)13-14-30-36(5)23-28(41)32(35(3,4)29(36)16-17-38(30,37)7)45-31(42)15-10-24-8-11-25(40)12-9-24/h8-13,15,27-30,32,40-41H,14,16-23H2,1-7H3,(H,43,44)/b15-10+/t27-,28-,29+,30-,32+,36+,37-,38-,39-/m0/s1. The van der Waals surface area contributed by atoms with E-state index in [1.807, 2.05) is 0 Å². The van der Waals surface area contributed by atoms with Gasteiger partial charge in [-0.05, 0) is 121 Å². The lowest BCUT2D eigenvalue weighted by atomic mass is 9.33. The predicted molar refractivity (Wildman–Crippen MR) is 175 cm³/mol. The highest BCUT2D eigenvalue weighted by Crippen LogP contribution is 2.75. The third-order valence-corrected chi connectivity index (χ3v) is 14.5. The molecule has 5 aliphatic rings. The predicted octanol–water partition coefficient (Wildman–Crippen LogP) is 8.17. The first kappa shape index (κ1) is 32.3. The largest absolute Gasteiger partial charge is 0.508 e. The van der Waals surface area contributed by atoms with Crippen molar-refractivity contribution >= 4 is 18.0 Å². The molecule has 1 aromatic rings. The molecule has 0 saturated heterocycles. The summed E-state index contributed by atoms with van der Waals surface area (Å²) in [6.45, 7) is 16.3. The molecule has 0 unspecified atom stereocenters. The molecule has 0 bridgehead atoms. The Bertz CT molecular complexity index is 1420. The zero-order valence-corrected chi connectivity index (χ0v) is 28.4. The third-order valence-electron chi connectivity index (χ3n) is 14.5. The molecular weight excluding hydrogens is 564 g/mol. The molecule has 9 atom stereocenters. The first-order chi connectivity index (χ1) is 20.9. The van der Waals surface area contributed by atoms with Crippen LogP contribution in [0, 0.1) is 50.2 Å². The number of aliphatic hydroxyl groups is 1. The molecule has 5 aliphatic carbocycles. The molecule has 246 valence electrons. The number of aliphatic hydroxyl groups excluding tert-OH is 1. The second-order valence-corrected chi connectivity index (χ2v) is 17.6. The molecular formula is C39H54O6. The number of carbonyl (C=O) groups excluding carboxylic acids is 1. The lowest BCUT2D eigenvalue weighted by Gasteiger charge is -2.71. The SMILES string of the molecule is CC1(C)CC[C@]2(C(=O)O)CC[C@@]3(C)C(=CC[C@H]4[C@]5(C)C[C@H](O)[C@@H](OC(=O)/C=C/c6ccc(O)cc6)C(C)(C)[C@H]5CC[C@@]43C)[C@@H]2C1. The Hall–Kier alpha value is -2.60. The van der Waals surface area contributed by atoms with Crippen LogP contribution in [0.25, 0.3) is 6.08 Å². The number of carboxylic acids is 1. The number of aliphatic carboxylic acids is 1. The van der Waals surface area contributed by atoms with E-state index in [-0.39, 0.29) is 39.2 Å². The molecule has 0 aliphatic heterocycles. The fourth-order valence-electron chi connectivity index (χ4n) is 11.9. The number of carbonyl (C=O) groups is 2. The van der Waals surface area contributed by atoms with Gasteiger partial charge in [-0.25, -0.2) is 4.79 Å². The van der Waals surface area contributed by atoms with E-state index in [1.165, 1.54) is 11.6 Å². The molecule has 45 heavy (non-hydrogen) atoms. The Morgan fingerprint density at radius 1 is 0.889 bits per heavy atom. The van der Waals surface area contributed by atoms with Gasteiger partial charge in [0.2, 0.25) is 0 Å².